The van der Waals surface area contributed by atoms with Crippen LogP contribution in [0.1, 0.15) is 30.5 Å². The Balaban J connectivity index is 1.81. The molecule has 0 aliphatic rings. The minimum absolute atomic E-state index is 0.152. The average molecular weight is 370 g/mol. The number of carbonyl (C=O) groups is 2. The van der Waals surface area contributed by atoms with Gasteiger partial charge >= 0.3 is 0 Å². The van der Waals surface area contributed by atoms with Crippen LogP contribution in [0, 0.1) is 13.8 Å². The first-order valence-corrected chi connectivity index (χ1v) is 8.94. The van der Waals surface area contributed by atoms with E-state index >= 15 is 0 Å². The lowest BCUT2D eigenvalue weighted by Gasteiger charge is -2.17. The molecule has 0 fully saturated rings. The third kappa shape index (κ3) is 6.02. The van der Waals surface area contributed by atoms with Crippen LogP contribution in [-0.4, -0.2) is 24.5 Å². The van der Waals surface area contributed by atoms with Gasteiger partial charge in [-0.1, -0.05) is 24.3 Å². The van der Waals surface area contributed by atoms with Crippen molar-refractivity contribution in [3.63, 3.8) is 0 Å². The highest BCUT2D eigenvalue weighted by atomic mass is 16.5. The Labute approximate surface area is 159 Å². The monoisotopic (exact) mass is 370 g/mol. The van der Waals surface area contributed by atoms with Gasteiger partial charge in [-0.05, 0) is 62.6 Å². The number of nitrogens with one attached hydrogen (secondary N) is 2. The molecule has 0 heterocycles. The number of hydrogen-bond donors (Lipinski definition) is 2. The first-order valence-electron chi connectivity index (χ1n) is 8.94. The molecule has 2 amide bonds. The van der Waals surface area contributed by atoms with Crippen molar-refractivity contribution in [2.24, 2.45) is 0 Å². The summed E-state index contributed by atoms with van der Waals surface area (Å²) in [6, 6.07) is 12.9. The number of hydrazine groups is 1. The maximum atomic E-state index is 12.1. The molecule has 0 bridgehead atoms. The standard InChI is InChI=1S/C21H26N2O4/c1-5-26-18-11-9-17(10-12-18)13-20(24)22-23-21(25)16(4)27-19-8-6-7-14(2)15(19)3/h6-12,16H,5,13H2,1-4H3,(H,22,24)(H,23,25). The van der Waals surface area contributed by atoms with E-state index in [1.165, 1.54) is 0 Å². The molecule has 0 aliphatic heterocycles. The van der Waals surface area contributed by atoms with Crippen LogP contribution in [0.3, 0.4) is 0 Å². The Hall–Kier alpha value is -3.02. The van der Waals surface area contributed by atoms with E-state index in [4.69, 9.17) is 9.47 Å². The van der Waals surface area contributed by atoms with Gasteiger partial charge in [-0.3, -0.25) is 20.4 Å². The van der Waals surface area contributed by atoms with Crippen LogP contribution in [0.4, 0.5) is 0 Å². The quantitative estimate of drug-likeness (QED) is 0.735. The van der Waals surface area contributed by atoms with Crippen LogP contribution < -0.4 is 20.3 Å². The third-order valence-corrected chi connectivity index (χ3v) is 4.15. The van der Waals surface area contributed by atoms with Gasteiger partial charge < -0.3 is 9.47 Å². The largest absolute Gasteiger partial charge is 0.494 e. The van der Waals surface area contributed by atoms with Gasteiger partial charge in [-0.25, -0.2) is 0 Å². The number of amides is 2. The molecule has 2 aromatic carbocycles. The molecule has 2 rings (SSSR count). The number of ether oxygens (including phenoxy) is 2. The maximum absolute atomic E-state index is 12.1. The highest BCUT2D eigenvalue weighted by Gasteiger charge is 2.16. The van der Waals surface area contributed by atoms with Gasteiger partial charge in [0, 0.05) is 0 Å². The fourth-order valence-corrected chi connectivity index (χ4v) is 2.43. The summed E-state index contributed by atoms with van der Waals surface area (Å²) in [4.78, 5) is 24.2. The lowest BCUT2D eigenvalue weighted by atomic mass is 10.1. The predicted molar refractivity (Wildman–Crippen MR) is 104 cm³/mol. The molecule has 0 spiro atoms. The van der Waals surface area contributed by atoms with Crippen LogP contribution in [0.5, 0.6) is 11.5 Å². The van der Waals surface area contributed by atoms with Crippen LogP contribution in [0.2, 0.25) is 0 Å². The molecule has 1 unspecified atom stereocenters. The fourth-order valence-electron chi connectivity index (χ4n) is 2.43. The van der Waals surface area contributed by atoms with Gasteiger partial charge in [0.1, 0.15) is 11.5 Å². The smallest absolute Gasteiger partial charge is 0.279 e. The van der Waals surface area contributed by atoms with Crippen molar-refractivity contribution in [3.05, 3.63) is 59.2 Å². The summed E-state index contributed by atoms with van der Waals surface area (Å²) in [5, 5.41) is 0. The summed E-state index contributed by atoms with van der Waals surface area (Å²) in [6.45, 7) is 8.06. The molecular weight excluding hydrogens is 344 g/mol. The topological polar surface area (TPSA) is 76.7 Å². The SMILES string of the molecule is CCOc1ccc(CC(=O)NNC(=O)C(C)Oc2cccc(C)c2C)cc1. The minimum Gasteiger partial charge on any atom is -0.494 e. The average Bonchev–Trinajstić information content (AvgIpc) is 2.65. The molecule has 2 N–H and O–H groups in total. The first-order chi connectivity index (χ1) is 12.9. The number of rotatable bonds is 7. The summed E-state index contributed by atoms with van der Waals surface area (Å²) < 4.78 is 11.1. The van der Waals surface area contributed by atoms with E-state index in [9.17, 15) is 9.59 Å². The van der Waals surface area contributed by atoms with Gasteiger partial charge in [0.25, 0.3) is 5.91 Å². The van der Waals surface area contributed by atoms with E-state index in [0.717, 1.165) is 22.4 Å². The van der Waals surface area contributed by atoms with Crippen molar-refractivity contribution in [3.8, 4) is 11.5 Å². The maximum Gasteiger partial charge on any atom is 0.279 e. The Bertz CT molecular complexity index is 787. The Morgan fingerprint density at radius 1 is 1.04 bits per heavy atom. The molecule has 1 atom stereocenters. The molecule has 27 heavy (non-hydrogen) atoms. The minimum atomic E-state index is -0.740. The van der Waals surface area contributed by atoms with E-state index in [-0.39, 0.29) is 12.3 Å². The van der Waals surface area contributed by atoms with Crippen LogP contribution in [0.25, 0.3) is 0 Å². The van der Waals surface area contributed by atoms with Crippen molar-refractivity contribution < 1.29 is 19.1 Å². The van der Waals surface area contributed by atoms with Crippen molar-refractivity contribution in [1.82, 2.24) is 10.9 Å². The number of benzene rings is 2. The summed E-state index contributed by atoms with van der Waals surface area (Å²) >= 11 is 0. The summed E-state index contributed by atoms with van der Waals surface area (Å²) in [5.74, 6) is 0.674. The van der Waals surface area contributed by atoms with Crippen molar-refractivity contribution in [1.29, 1.82) is 0 Å². The number of carbonyl (C=O) groups excluding carboxylic acids is 2. The van der Waals surface area contributed by atoms with Gasteiger partial charge in [0.05, 0.1) is 13.0 Å². The highest BCUT2D eigenvalue weighted by Crippen LogP contribution is 2.21. The molecule has 0 radical (unpaired) electrons. The molecule has 6 nitrogen and oxygen atoms in total. The number of aryl methyl sites for hydroxylation is 1. The molecule has 0 saturated heterocycles. The second-order valence-electron chi connectivity index (χ2n) is 6.25. The zero-order valence-corrected chi connectivity index (χ0v) is 16.2. The van der Waals surface area contributed by atoms with Crippen LogP contribution in [-0.2, 0) is 16.0 Å². The molecule has 144 valence electrons. The lowest BCUT2D eigenvalue weighted by Crippen LogP contribution is -2.47. The van der Waals surface area contributed by atoms with Gasteiger partial charge in [0.2, 0.25) is 5.91 Å². The Morgan fingerprint density at radius 2 is 1.74 bits per heavy atom. The van der Waals surface area contributed by atoms with E-state index in [0.29, 0.717) is 12.4 Å². The lowest BCUT2D eigenvalue weighted by molar-refractivity contribution is -0.132. The second kappa shape index (κ2) is 9.62. The molecule has 0 aliphatic carbocycles. The molecule has 0 aromatic heterocycles. The third-order valence-electron chi connectivity index (χ3n) is 4.15. The Kier molecular flexibility index (Phi) is 7.23. The van der Waals surface area contributed by atoms with Crippen molar-refractivity contribution in [2.45, 2.75) is 40.2 Å². The van der Waals surface area contributed by atoms with E-state index < -0.39 is 12.0 Å². The van der Waals surface area contributed by atoms with Gasteiger partial charge in [-0.15, -0.1) is 0 Å². The van der Waals surface area contributed by atoms with Gasteiger partial charge in [-0.2, -0.15) is 0 Å². The normalized spacial score (nSPS) is 11.4. The van der Waals surface area contributed by atoms with E-state index in [2.05, 4.69) is 10.9 Å². The summed E-state index contributed by atoms with van der Waals surface area (Å²) in [6.07, 6.45) is -0.588. The zero-order valence-electron chi connectivity index (χ0n) is 16.2. The van der Waals surface area contributed by atoms with Crippen molar-refractivity contribution >= 4 is 11.8 Å². The van der Waals surface area contributed by atoms with E-state index in [1.54, 1.807) is 6.92 Å². The zero-order chi connectivity index (χ0) is 19.8. The molecule has 2 aromatic rings. The molecule has 0 saturated carbocycles. The molecule has 6 heteroatoms. The Morgan fingerprint density at radius 3 is 2.41 bits per heavy atom. The highest BCUT2D eigenvalue weighted by molar-refractivity contribution is 5.85. The first kappa shape index (κ1) is 20.3. The van der Waals surface area contributed by atoms with E-state index in [1.807, 2.05) is 63.2 Å². The fraction of sp³-hybridized carbons (Fsp3) is 0.333. The van der Waals surface area contributed by atoms with Crippen molar-refractivity contribution in [2.75, 3.05) is 6.61 Å². The summed E-state index contributed by atoms with van der Waals surface area (Å²) in [7, 11) is 0. The summed E-state index contributed by atoms with van der Waals surface area (Å²) in [5.41, 5.74) is 7.71. The van der Waals surface area contributed by atoms with Crippen LogP contribution in [0.15, 0.2) is 42.5 Å². The second-order valence-corrected chi connectivity index (χ2v) is 6.25. The van der Waals surface area contributed by atoms with Crippen LogP contribution >= 0.6 is 0 Å². The number of hydrogen-bond acceptors (Lipinski definition) is 4. The predicted octanol–water partition coefficient (Wildman–Crippen LogP) is 2.86. The van der Waals surface area contributed by atoms with Gasteiger partial charge in [0.15, 0.2) is 6.10 Å². The molecular formula is C21H26N2O4.